The number of anilines is 3. The molecule has 0 saturated carbocycles. The first-order valence-electron chi connectivity index (χ1n) is 5.89. The fraction of sp³-hybridized carbons (Fsp3) is 0.231. The summed E-state index contributed by atoms with van der Waals surface area (Å²) >= 11 is 4.66. The molecule has 0 aliphatic carbocycles. The summed E-state index contributed by atoms with van der Waals surface area (Å²) in [6.45, 7) is 1.93. The minimum atomic E-state index is -0.237. The van der Waals surface area contributed by atoms with Crippen LogP contribution in [0.15, 0.2) is 22.7 Å². The molecule has 5 nitrogen and oxygen atoms in total. The summed E-state index contributed by atoms with van der Waals surface area (Å²) in [5.41, 5.74) is 7.54. The first-order valence-corrected chi connectivity index (χ1v) is 7.50. The van der Waals surface area contributed by atoms with Crippen LogP contribution < -0.4 is 16.0 Å². The molecular formula is C13H15BrN4OS. The summed E-state index contributed by atoms with van der Waals surface area (Å²) in [4.78, 5) is 18.7. The Kier molecular flexibility index (Phi) is 4.29. The van der Waals surface area contributed by atoms with Gasteiger partial charge in [0.15, 0.2) is 5.13 Å². The molecule has 1 heterocycles. The zero-order valence-corrected chi connectivity index (χ0v) is 13.8. The first-order chi connectivity index (χ1) is 9.38. The molecule has 0 atom stereocenters. The number of carbonyl (C=O) groups is 1. The van der Waals surface area contributed by atoms with Gasteiger partial charge in [0.05, 0.1) is 0 Å². The number of aryl methyl sites for hydroxylation is 1. The van der Waals surface area contributed by atoms with Gasteiger partial charge in [-0.25, -0.2) is 4.98 Å². The number of hydrogen-bond acceptors (Lipinski definition) is 5. The molecule has 20 heavy (non-hydrogen) atoms. The van der Waals surface area contributed by atoms with Gasteiger partial charge in [-0.3, -0.25) is 4.79 Å². The minimum Gasteiger partial charge on any atom is -0.382 e. The van der Waals surface area contributed by atoms with E-state index in [1.54, 1.807) is 0 Å². The van der Waals surface area contributed by atoms with Gasteiger partial charge in [0.25, 0.3) is 5.91 Å². The van der Waals surface area contributed by atoms with Crippen molar-refractivity contribution in [3.05, 3.63) is 33.1 Å². The standard InChI is InChI=1S/C13H15BrN4OS/c1-7-6-8(14)4-5-9(7)16-12(19)10-11(15)17-13(20-10)18(2)3/h4-6H,15H2,1-3H3,(H,16,19). The predicted octanol–water partition coefficient (Wildman–Crippen LogP) is 3.11. The largest absolute Gasteiger partial charge is 0.382 e. The Hall–Kier alpha value is -1.60. The third-order valence-electron chi connectivity index (χ3n) is 2.67. The van der Waals surface area contributed by atoms with E-state index in [1.807, 2.05) is 44.1 Å². The smallest absolute Gasteiger partial charge is 0.269 e. The van der Waals surface area contributed by atoms with Gasteiger partial charge in [-0.1, -0.05) is 27.3 Å². The second-order valence-electron chi connectivity index (χ2n) is 4.52. The van der Waals surface area contributed by atoms with Crippen molar-refractivity contribution in [2.24, 2.45) is 0 Å². The van der Waals surface area contributed by atoms with Gasteiger partial charge in [0.1, 0.15) is 10.7 Å². The van der Waals surface area contributed by atoms with E-state index in [0.717, 1.165) is 15.7 Å². The molecule has 0 saturated heterocycles. The monoisotopic (exact) mass is 354 g/mol. The third kappa shape index (κ3) is 3.10. The summed E-state index contributed by atoms with van der Waals surface area (Å²) in [5, 5.41) is 3.57. The molecule has 0 unspecified atom stereocenters. The van der Waals surface area contributed by atoms with Crippen molar-refractivity contribution in [1.82, 2.24) is 4.98 Å². The Labute approximate surface area is 129 Å². The number of carbonyl (C=O) groups excluding carboxylic acids is 1. The molecule has 0 spiro atoms. The van der Waals surface area contributed by atoms with Crippen molar-refractivity contribution >= 4 is 49.8 Å². The van der Waals surface area contributed by atoms with Gasteiger partial charge in [-0.05, 0) is 30.7 Å². The molecule has 1 aromatic heterocycles. The highest BCUT2D eigenvalue weighted by Gasteiger charge is 2.17. The number of halogens is 1. The SMILES string of the molecule is Cc1cc(Br)ccc1NC(=O)c1sc(N(C)C)nc1N. The van der Waals surface area contributed by atoms with Gasteiger partial charge in [-0.15, -0.1) is 0 Å². The van der Waals surface area contributed by atoms with E-state index in [4.69, 9.17) is 5.73 Å². The minimum absolute atomic E-state index is 0.237. The van der Waals surface area contributed by atoms with Crippen molar-refractivity contribution in [3.8, 4) is 0 Å². The van der Waals surface area contributed by atoms with Gasteiger partial charge in [-0.2, -0.15) is 0 Å². The second kappa shape index (κ2) is 5.80. The van der Waals surface area contributed by atoms with Crippen molar-refractivity contribution < 1.29 is 4.79 Å². The molecule has 1 amide bonds. The Morgan fingerprint density at radius 1 is 1.45 bits per heavy atom. The number of nitrogens with one attached hydrogen (secondary N) is 1. The summed E-state index contributed by atoms with van der Waals surface area (Å²) in [6.07, 6.45) is 0. The Bertz CT molecular complexity index is 654. The molecule has 1 aromatic carbocycles. The molecule has 0 bridgehead atoms. The van der Waals surface area contributed by atoms with Crippen LogP contribution in [-0.2, 0) is 0 Å². The fourth-order valence-electron chi connectivity index (χ4n) is 1.62. The molecule has 0 aliphatic heterocycles. The van der Waals surface area contributed by atoms with E-state index < -0.39 is 0 Å². The van der Waals surface area contributed by atoms with E-state index in [2.05, 4.69) is 26.2 Å². The number of benzene rings is 1. The topological polar surface area (TPSA) is 71.2 Å². The normalized spacial score (nSPS) is 10.4. The summed E-state index contributed by atoms with van der Waals surface area (Å²) in [6, 6.07) is 5.67. The fourth-order valence-corrected chi connectivity index (χ4v) is 2.90. The van der Waals surface area contributed by atoms with Crippen LogP contribution in [0.3, 0.4) is 0 Å². The van der Waals surface area contributed by atoms with E-state index >= 15 is 0 Å². The van der Waals surface area contributed by atoms with Crippen LogP contribution >= 0.6 is 27.3 Å². The average molecular weight is 355 g/mol. The van der Waals surface area contributed by atoms with Crippen molar-refractivity contribution in [1.29, 1.82) is 0 Å². The van der Waals surface area contributed by atoms with E-state index in [1.165, 1.54) is 11.3 Å². The van der Waals surface area contributed by atoms with E-state index in [9.17, 15) is 4.79 Å². The lowest BCUT2D eigenvalue weighted by atomic mass is 10.2. The molecule has 0 radical (unpaired) electrons. The molecule has 7 heteroatoms. The van der Waals surface area contributed by atoms with Crippen LogP contribution in [0, 0.1) is 6.92 Å². The van der Waals surface area contributed by atoms with Gasteiger partial charge in [0.2, 0.25) is 0 Å². The van der Waals surface area contributed by atoms with Gasteiger partial charge < -0.3 is 16.0 Å². The maximum atomic E-state index is 12.3. The zero-order chi connectivity index (χ0) is 14.9. The number of rotatable bonds is 3. The van der Waals surface area contributed by atoms with Crippen LogP contribution in [0.2, 0.25) is 0 Å². The van der Waals surface area contributed by atoms with Crippen LogP contribution in [-0.4, -0.2) is 25.0 Å². The zero-order valence-electron chi connectivity index (χ0n) is 11.4. The van der Waals surface area contributed by atoms with Crippen molar-refractivity contribution in [2.75, 3.05) is 30.0 Å². The number of nitrogens with zero attached hydrogens (tertiary/aromatic N) is 2. The maximum absolute atomic E-state index is 12.3. The van der Waals surface area contributed by atoms with Crippen molar-refractivity contribution in [2.45, 2.75) is 6.92 Å². The summed E-state index contributed by atoms with van der Waals surface area (Å²) in [7, 11) is 3.72. The second-order valence-corrected chi connectivity index (χ2v) is 6.41. The first kappa shape index (κ1) is 14.8. The Morgan fingerprint density at radius 2 is 2.15 bits per heavy atom. The number of hydrogen-bond donors (Lipinski definition) is 2. The highest BCUT2D eigenvalue weighted by Crippen LogP contribution is 2.28. The molecule has 106 valence electrons. The lowest BCUT2D eigenvalue weighted by Crippen LogP contribution is -2.13. The number of amides is 1. The summed E-state index contributed by atoms with van der Waals surface area (Å²) in [5.74, 6) is 0.0180. The highest BCUT2D eigenvalue weighted by molar-refractivity contribution is 9.10. The average Bonchev–Trinajstić information content (AvgIpc) is 2.75. The Balaban J connectivity index is 2.24. The number of nitrogen functional groups attached to an aromatic ring is 1. The molecule has 2 rings (SSSR count). The van der Waals surface area contributed by atoms with Crippen LogP contribution in [0.4, 0.5) is 16.6 Å². The molecule has 2 aromatic rings. The van der Waals surface area contributed by atoms with Gasteiger partial charge >= 0.3 is 0 Å². The van der Waals surface area contributed by atoms with Crippen LogP contribution in [0.25, 0.3) is 0 Å². The predicted molar refractivity (Wildman–Crippen MR) is 87.7 cm³/mol. The van der Waals surface area contributed by atoms with E-state index in [0.29, 0.717) is 10.0 Å². The quantitative estimate of drug-likeness (QED) is 0.888. The molecular weight excluding hydrogens is 340 g/mol. The molecule has 0 aliphatic rings. The number of nitrogens with two attached hydrogens (primary N) is 1. The lowest BCUT2D eigenvalue weighted by Gasteiger charge is -2.08. The van der Waals surface area contributed by atoms with Gasteiger partial charge in [0, 0.05) is 24.3 Å². The number of thiazole rings is 1. The van der Waals surface area contributed by atoms with Crippen LogP contribution in [0.1, 0.15) is 15.2 Å². The van der Waals surface area contributed by atoms with Crippen molar-refractivity contribution in [3.63, 3.8) is 0 Å². The molecule has 0 fully saturated rings. The third-order valence-corrected chi connectivity index (χ3v) is 4.40. The Morgan fingerprint density at radius 3 is 2.70 bits per heavy atom. The number of aromatic nitrogens is 1. The summed E-state index contributed by atoms with van der Waals surface area (Å²) < 4.78 is 0.972. The lowest BCUT2D eigenvalue weighted by molar-refractivity contribution is 0.103. The van der Waals surface area contributed by atoms with Crippen LogP contribution in [0.5, 0.6) is 0 Å². The van der Waals surface area contributed by atoms with E-state index in [-0.39, 0.29) is 11.7 Å². The highest BCUT2D eigenvalue weighted by atomic mass is 79.9. The maximum Gasteiger partial charge on any atom is 0.269 e. The molecule has 3 N–H and O–H groups in total.